The fourth-order valence-corrected chi connectivity index (χ4v) is 0.859. The molecule has 0 heterocycles. The molecule has 0 saturated heterocycles. The largest absolute Gasteiger partial charge is 3.00 e. The first kappa shape index (κ1) is 29.0. The van der Waals surface area contributed by atoms with Gasteiger partial charge in [-0.1, -0.05) is 0 Å². The van der Waals surface area contributed by atoms with E-state index in [1.807, 2.05) is 0 Å². The van der Waals surface area contributed by atoms with E-state index in [9.17, 15) is 28.8 Å². The average Bonchev–Trinajstić information content (AvgIpc) is 2.10. The van der Waals surface area contributed by atoms with Gasteiger partial charge in [-0.25, -0.2) is 0 Å². The minimum absolute atomic E-state index is 0. The maximum Gasteiger partial charge on any atom is 3.00 e. The summed E-state index contributed by atoms with van der Waals surface area (Å²) in [5, 5.41) is 0. The van der Waals surface area contributed by atoms with Gasteiger partial charge in [-0.2, -0.15) is 0 Å². The van der Waals surface area contributed by atoms with Crippen LogP contribution in [0.2, 0.25) is 0 Å². The number of hydrogen-bond donors (Lipinski definition) is 0. The summed E-state index contributed by atoms with van der Waals surface area (Å²) in [7, 11) is 0. The molecule has 0 aromatic carbocycles. The third-order valence-electron chi connectivity index (χ3n) is 1.22. The fourth-order valence-electron chi connectivity index (χ4n) is 0.859. The molecule has 0 spiro atoms. The van der Waals surface area contributed by atoms with Gasteiger partial charge in [0.1, 0.15) is 0 Å². The molecular formula is C15H21O6Sm. The summed E-state index contributed by atoms with van der Waals surface area (Å²) in [6.07, 6.45) is 3.17. The van der Waals surface area contributed by atoms with E-state index in [0.29, 0.717) is 0 Å². The van der Waals surface area contributed by atoms with Crippen molar-refractivity contribution in [2.75, 3.05) is 0 Å². The van der Waals surface area contributed by atoms with Crippen molar-refractivity contribution in [2.45, 2.75) is 41.5 Å². The molecule has 6 nitrogen and oxygen atoms in total. The van der Waals surface area contributed by atoms with Crippen molar-refractivity contribution in [3.05, 3.63) is 19.3 Å². The van der Waals surface area contributed by atoms with Gasteiger partial charge in [0.2, 0.25) is 0 Å². The molecule has 22 heavy (non-hydrogen) atoms. The van der Waals surface area contributed by atoms with E-state index in [-0.39, 0.29) is 75.1 Å². The molecule has 0 aliphatic carbocycles. The van der Waals surface area contributed by atoms with Gasteiger partial charge in [0.15, 0.2) is 0 Å². The molecule has 0 rings (SSSR count). The van der Waals surface area contributed by atoms with E-state index in [2.05, 4.69) is 0 Å². The molecule has 0 N–H and O–H groups in total. The van der Waals surface area contributed by atoms with Crippen LogP contribution in [0.15, 0.2) is 0 Å². The summed E-state index contributed by atoms with van der Waals surface area (Å²) < 4.78 is 0. The van der Waals surface area contributed by atoms with E-state index in [4.69, 9.17) is 0 Å². The van der Waals surface area contributed by atoms with E-state index in [1.54, 1.807) is 0 Å². The van der Waals surface area contributed by atoms with Crippen molar-refractivity contribution in [3.63, 3.8) is 0 Å². The van der Waals surface area contributed by atoms with Crippen LogP contribution < -0.4 is 0 Å². The number of ketones is 6. The second-order valence-electron chi connectivity index (χ2n) is 4.10. The van der Waals surface area contributed by atoms with Gasteiger partial charge in [-0.3, -0.25) is 19.3 Å². The molecule has 1 radical (unpaired) electrons. The Bertz CT molecular complexity index is 314. The Hall–Kier alpha value is -1.03. The van der Waals surface area contributed by atoms with Gasteiger partial charge < -0.3 is 28.8 Å². The summed E-state index contributed by atoms with van der Waals surface area (Å²) in [5.74, 6) is -1.12. The van der Waals surface area contributed by atoms with Gasteiger partial charge in [0, 0.05) is 34.7 Å². The molecule has 0 amide bonds. The van der Waals surface area contributed by atoms with E-state index in [1.165, 1.54) is 41.5 Å². The molecule has 0 saturated carbocycles. The Morgan fingerprint density at radius 1 is 0.409 bits per heavy atom. The van der Waals surface area contributed by atoms with Gasteiger partial charge >= 0.3 is 40.4 Å². The second kappa shape index (κ2) is 18.0. The third kappa shape index (κ3) is 50.9. The predicted molar refractivity (Wildman–Crippen MR) is 77.0 cm³/mol. The van der Waals surface area contributed by atoms with Crippen LogP contribution in [-0.2, 0) is 28.8 Å². The van der Waals surface area contributed by atoms with E-state index < -0.39 is 0 Å². The van der Waals surface area contributed by atoms with Crippen molar-refractivity contribution in [3.8, 4) is 0 Å². The van der Waals surface area contributed by atoms with Crippen LogP contribution in [0.5, 0.6) is 0 Å². The number of Topliss-reactive ketones (excluding diaryl/α,β-unsaturated/α-hetero) is 6. The standard InChI is InChI=1S/3C5H7O2.Sm/c3*1-4(6)3-5(2)7;/h3*3H,1-2H3;/q3*-1;+3. The monoisotopic (exact) mass is 449 g/mol. The maximum absolute atomic E-state index is 9.98. The Labute approximate surface area is 163 Å². The van der Waals surface area contributed by atoms with Gasteiger partial charge in [-0.15, -0.1) is 0 Å². The Morgan fingerprint density at radius 3 is 0.500 bits per heavy atom. The Kier molecular flexibility index (Phi) is 23.8. The van der Waals surface area contributed by atoms with E-state index >= 15 is 0 Å². The Balaban J connectivity index is -0.000000108. The van der Waals surface area contributed by atoms with Crippen molar-refractivity contribution in [1.82, 2.24) is 0 Å². The fraction of sp³-hybridized carbons (Fsp3) is 0.400. The molecule has 7 heteroatoms. The van der Waals surface area contributed by atoms with Gasteiger partial charge in [0.05, 0.1) is 0 Å². The van der Waals surface area contributed by atoms with Crippen LogP contribution in [-0.4, -0.2) is 34.7 Å². The smallest absolute Gasteiger partial charge is 0.334 e. The summed E-state index contributed by atoms with van der Waals surface area (Å²) >= 11 is 0. The normalized spacial score (nSPS) is 7.36. The first-order valence-corrected chi connectivity index (χ1v) is 5.96. The van der Waals surface area contributed by atoms with Gasteiger partial charge in [-0.05, 0) is 41.5 Å². The van der Waals surface area contributed by atoms with Crippen molar-refractivity contribution in [2.24, 2.45) is 0 Å². The summed E-state index contributed by atoms with van der Waals surface area (Å²) in [4.78, 5) is 59.9. The van der Waals surface area contributed by atoms with Crippen LogP contribution in [0.3, 0.4) is 0 Å². The number of rotatable bonds is 6. The zero-order valence-electron chi connectivity index (χ0n) is 13.6. The van der Waals surface area contributed by atoms with Crippen molar-refractivity contribution >= 4 is 34.7 Å². The van der Waals surface area contributed by atoms with Crippen LogP contribution in [0.25, 0.3) is 0 Å². The minimum atomic E-state index is -0.187. The third-order valence-corrected chi connectivity index (χ3v) is 1.22. The summed E-state index contributed by atoms with van der Waals surface area (Å²) in [5.41, 5.74) is 0. The number of hydrogen-bond acceptors (Lipinski definition) is 6. The van der Waals surface area contributed by atoms with Crippen LogP contribution in [0.4, 0.5) is 0 Å². The quantitative estimate of drug-likeness (QED) is 0.446. The molecule has 0 aromatic heterocycles. The first-order chi connectivity index (χ1) is 9.38. The zero-order chi connectivity index (χ0) is 17.6. The van der Waals surface area contributed by atoms with Crippen molar-refractivity contribution < 1.29 is 69.2 Å². The molecule has 123 valence electrons. The molecule has 0 unspecified atom stereocenters. The molecule has 0 aliphatic heterocycles. The first-order valence-electron chi connectivity index (χ1n) is 5.96. The topological polar surface area (TPSA) is 102 Å². The molecule has 0 aromatic rings. The molecule has 0 bridgehead atoms. The summed E-state index contributed by atoms with van der Waals surface area (Å²) in [6, 6.07) is 0. The number of carbonyl (C=O) groups excluding carboxylic acids is 6. The van der Waals surface area contributed by atoms with E-state index in [0.717, 1.165) is 19.3 Å². The minimum Gasteiger partial charge on any atom is -0.334 e. The van der Waals surface area contributed by atoms with Crippen LogP contribution in [0, 0.1) is 59.7 Å². The molecule has 0 fully saturated rings. The second-order valence-corrected chi connectivity index (χ2v) is 4.10. The van der Waals surface area contributed by atoms with Crippen LogP contribution >= 0.6 is 0 Å². The van der Waals surface area contributed by atoms with Crippen LogP contribution in [0.1, 0.15) is 41.5 Å². The summed E-state index contributed by atoms with van der Waals surface area (Å²) in [6.45, 7) is 8.09. The SMILES string of the molecule is CC(=O)[CH-]C(C)=O.CC(=O)[CH-]C(C)=O.CC(=O)[CH-]C(C)=O.[Sm+3]. The van der Waals surface area contributed by atoms with Crippen molar-refractivity contribution in [1.29, 1.82) is 0 Å². The van der Waals surface area contributed by atoms with Gasteiger partial charge in [0.25, 0.3) is 0 Å². The zero-order valence-corrected chi connectivity index (χ0v) is 16.2. The molecule has 0 atom stereocenters. The maximum atomic E-state index is 9.98. The predicted octanol–water partition coefficient (Wildman–Crippen LogP) is 1.11. The number of carbonyl (C=O) groups is 6. The average molecular weight is 448 g/mol. The molecule has 0 aliphatic rings. The Morgan fingerprint density at radius 2 is 0.500 bits per heavy atom. The molecular weight excluding hydrogens is 427 g/mol.